The lowest BCUT2D eigenvalue weighted by atomic mass is 9.74. The van der Waals surface area contributed by atoms with E-state index < -0.39 is 40.8 Å². The molecule has 5 aromatic rings. The van der Waals surface area contributed by atoms with Crippen LogP contribution in [0.1, 0.15) is 73.8 Å². The van der Waals surface area contributed by atoms with Crippen LogP contribution in [0.25, 0.3) is 21.8 Å². The number of thiazole rings is 1. The van der Waals surface area contributed by atoms with Gasteiger partial charge in [0.15, 0.2) is 0 Å². The number of H-pyrrole nitrogens is 1. The summed E-state index contributed by atoms with van der Waals surface area (Å²) >= 11 is 1.57. The van der Waals surface area contributed by atoms with Gasteiger partial charge in [0.2, 0.25) is 17.7 Å². The van der Waals surface area contributed by atoms with E-state index in [4.69, 9.17) is 4.74 Å². The Morgan fingerprint density at radius 3 is 2.50 bits per heavy atom. The number of ether oxygens (including phenoxy) is 1. The zero-order chi connectivity index (χ0) is 45.6. The van der Waals surface area contributed by atoms with Crippen LogP contribution in [-0.2, 0) is 26.3 Å². The number of benzene rings is 2. The van der Waals surface area contributed by atoms with Gasteiger partial charge in [0.1, 0.15) is 23.5 Å². The van der Waals surface area contributed by atoms with Crippen LogP contribution in [0.5, 0.6) is 5.75 Å². The van der Waals surface area contributed by atoms with Crippen molar-refractivity contribution in [2.24, 2.45) is 5.41 Å². The SMILES string of the molecule is COc1cc(C2(C#N)CCN(CCC(=O)N[C@H](C(=O)N3C[C@H](O)C[C@H]3C(=O)NCc3ccc(-c4scnc4C)cc3)C(C)(C)C)CC2)ccc1NC(=O)c1cccc(-c2ccn[nH]2)n1. The maximum Gasteiger partial charge on any atom is 0.274 e. The molecule has 2 aromatic carbocycles. The summed E-state index contributed by atoms with van der Waals surface area (Å²) in [5.41, 5.74) is 5.88. The van der Waals surface area contributed by atoms with Crippen molar-refractivity contribution in [1.82, 2.24) is 40.6 Å². The fraction of sp³-hybridized carbons (Fsp3) is 0.404. The first kappa shape index (κ1) is 45.5. The number of methoxy groups -OCH3 is 1. The average Bonchev–Trinajstić information content (AvgIpc) is 4.09. The normalized spacial score (nSPS) is 17.9. The van der Waals surface area contributed by atoms with Crippen molar-refractivity contribution in [1.29, 1.82) is 5.26 Å². The molecule has 5 heterocycles. The first-order chi connectivity index (χ1) is 30.7. The summed E-state index contributed by atoms with van der Waals surface area (Å²) in [7, 11) is 1.51. The summed E-state index contributed by atoms with van der Waals surface area (Å²) in [5.74, 6) is -1.11. The quantitative estimate of drug-likeness (QED) is 0.0974. The zero-order valence-electron chi connectivity index (χ0n) is 36.7. The van der Waals surface area contributed by atoms with Crippen molar-refractivity contribution in [3.8, 4) is 33.6 Å². The van der Waals surface area contributed by atoms with Gasteiger partial charge >= 0.3 is 0 Å². The van der Waals surface area contributed by atoms with Crippen molar-refractivity contribution >= 4 is 40.7 Å². The first-order valence-electron chi connectivity index (χ1n) is 21.3. The van der Waals surface area contributed by atoms with Crippen LogP contribution in [0.4, 0.5) is 5.69 Å². The summed E-state index contributed by atoms with van der Waals surface area (Å²) in [4.78, 5) is 67.8. The average molecular weight is 887 g/mol. The Morgan fingerprint density at radius 1 is 1.08 bits per heavy atom. The number of nitriles is 1. The highest BCUT2D eigenvalue weighted by Gasteiger charge is 2.44. The van der Waals surface area contributed by atoms with Gasteiger partial charge in [-0.15, -0.1) is 11.3 Å². The highest BCUT2D eigenvalue weighted by Crippen LogP contribution is 2.39. The summed E-state index contributed by atoms with van der Waals surface area (Å²) < 4.78 is 5.67. The Labute approximate surface area is 376 Å². The number of aromatic nitrogens is 4. The molecule has 2 fully saturated rings. The third-order valence-corrected chi connectivity index (χ3v) is 13.0. The fourth-order valence-electron chi connectivity index (χ4n) is 8.28. The van der Waals surface area contributed by atoms with Gasteiger partial charge < -0.3 is 35.6 Å². The predicted octanol–water partition coefficient (Wildman–Crippen LogP) is 5.22. The Bertz CT molecular complexity index is 2500. The first-order valence-corrected chi connectivity index (χ1v) is 22.2. The number of amides is 4. The number of aromatic amines is 1. The molecule has 0 radical (unpaired) electrons. The lowest BCUT2D eigenvalue weighted by Crippen LogP contribution is -2.58. The van der Waals surface area contributed by atoms with Crippen LogP contribution in [0.15, 0.2) is 78.4 Å². The van der Waals surface area contributed by atoms with Crippen LogP contribution in [0.2, 0.25) is 0 Å². The molecule has 7 rings (SSSR count). The van der Waals surface area contributed by atoms with Crippen LogP contribution in [-0.4, -0.2) is 110 Å². The summed E-state index contributed by atoms with van der Waals surface area (Å²) in [6.45, 7) is 9.30. The number of β-amino-alcohol motifs (C(OH)–C–C–N with tert-alkyl or cyclic N) is 1. The Hall–Kier alpha value is -6.48. The number of aliphatic hydroxyl groups excluding tert-OH is 1. The number of piperidine rings is 1. The molecule has 0 bridgehead atoms. The predicted molar refractivity (Wildman–Crippen MR) is 242 cm³/mol. The molecule has 334 valence electrons. The van der Waals surface area contributed by atoms with Gasteiger partial charge in [-0.05, 0) is 85.3 Å². The minimum Gasteiger partial charge on any atom is -0.495 e. The second-order valence-corrected chi connectivity index (χ2v) is 18.3. The van der Waals surface area contributed by atoms with E-state index in [1.807, 2.05) is 63.5 Å². The number of nitrogens with one attached hydrogen (secondary N) is 4. The lowest BCUT2D eigenvalue weighted by Gasteiger charge is -2.38. The number of rotatable bonds is 14. The van der Waals surface area contributed by atoms with E-state index in [0.29, 0.717) is 55.3 Å². The number of nitrogens with zero attached hydrogens (tertiary/aromatic N) is 6. The molecule has 0 spiro atoms. The van der Waals surface area contributed by atoms with E-state index in [0.717, 1.165) is 27.3 Å². The number of hydrogen-bond donors (Lipinski definition) is 5. The molecule has 0 unspecified atom stereocenters. The Balaban J connectivity index is 0.917. The van der Waals surface area contributed by atoms with Crippen LogP contribution in [0, 0.1) is 23.7 Å². The number of hydrogen-bond acceptors (Lipinski definition) is 12. The summed E-state index contributed by atoms with van der Waals surface area (Å²) in [6.07, 6.45) is 1.96. The molecular weight excluding hydrogens is 833 g/mol. The van der Waals surface area contributed by atoms with Crippen molar-refractivity contribution in [2.45, 2.75) is 83.5 Å². The largest absolute Gasteiger partial charge is 0.495 e. The van der Waals surface area contributed by atoms with Crippen LogP contribution in [0.3, 0.4) is 0 Å². The molecular formula is C47H54N10O6S. The topological polar surface area (TPSA) is 219 Å². The molecule has 5 N–H and O–H groups in total. The molecule has 2 aliphatic rings. The van der Waals surface area contributed by atoms with Gasteiger partial charge in [0.25, 0.3) is 5.91 Å². The molecule has 0 aliphatic carbocycles. The number of carbonyl (C=O) groups excluding carboxylic acids is 4. The molecule has 2 aliphatic heterocycles. The van der Waals surface area contributed by atoms with E-state index in [2.05, 4.69) is 47.1 Å². The van der Waals surface area contributed by atoms with Crippen molar-refractivity contribution in [3.63, 3.8) is 0 Å². The number of aryl methyl sites for hydroxylation is 1. The minimum absolute atomic E-state index is 0.0147. The maximum atomic E-state index is 14.2. The number of anilines is 1. The maximum absolute atomic E-state index is 14.2. The molecule has 3 aromatic heterocycles. The Morgan fingerprint density at radius 2 is 1.84 bits per heavy atom. The highest BCUT2D eigenvalue weighted by atomic mass is 32.1. The molecule has 16 nitrogen and oxygen atoms in total. The Kier molecular flexibility index (Phi) is 13.9. The van der Waals surface area contributed by atoms with Crippen LogP contribution >= 0.6 is 11.3 Å². The number of carbonyl (C=O) groups is 4. The smallest absolute Gasteiger partial charge is 0.274 e. The number of aliphatic hydroxyl groups is 1. The fourth-order valence-corrected chi connectivity index (χ4v) is 9.10. The van der Waals surface area contributed by atoms with Gasteiger partial charge in [0.05, 0.1) is 57.9 Å². The lowest BCUT2D eigenvalue weighted by molar-refractivity contribution is -0.144. The van der Waals surface area contributed by atoms with Gasteiger partial charge in [-0.2, -0.15) is 10.4 Å². The van der Waals surface area contributed by atoms with Gasteiger partial charge in [-0.1, -0.05) is 57.2 Å². The molecule has 2 saturated heterocycles. The van der Waals surface area contributed by atoms with Crippen molar-refractivity contribution < 1.29 is 29.0 Å². The van der Waals surface area contributed by atoms with Gasteiger partial charge in [-0.3, -0.25) is 24.3 Å². The van der Waals surface area contributed by atoms with Gasteiger partial charge in [-0.25, -0.2) is 9.97 Å². The van der Waals surface area contributed by atoms with Crippen molar-refractivity contribution in [2.75, 3.05) is 38.6 Å². The second kappa shape index (κ2) is 19.5. The molecule has 64 heavy (non-hydrogen) atoms. The molecule has 3 atom stereocenters. The zero-order valence-corrected chi connectivity index (χ0v) is 37.5. The second-order valence-electron chi connectivity index (χ2n) is 17.5. The highest BCUT2D eigenvalue weighted by molar-refractivity contribution is 7.13. The standard InChI is InChI=1S/C47H54N10O6S/c1-29-41(64-28-50-29)31-11-9-30(10-12-31)25-49-44(61)38-24-33(58)26-57(38)45(62)42(46(2,3)4)54-40(59)16-20-56-21-17-47(27-48,18-22-56)32-13-14-36(39(23-32)63-5)53-43(60)37-8-6-7-34(52-37)35-15-19-51-55-35/h6-15,19,23,28,33,38,42,58H,16-18,20-22,24-26H2,1-5H3,(H,49,61)(H,51,55)(H,53,60)(H,54,59)/t33-,38+,42-/m1/s1. The van der Waals surface area contributed by atoms with Crippen LogP contribution < -0.4 is 20.7 Å². The molecule has 4 amide bonds. The monoisotopic (exact) mass is 886 g/mol. The van der Waals surface area contributed by atoms with E-state index in [1.54, 1.807) is 53.9 Å². The van der Waals surface area contributed by atoms with Gasteiger partial charge in [0, 0.05) is 38.7 Å². The number of pyridine rings is 1. The third kappa shape index (κ3) is 10.3. The van der Waals surface area contributed by atoms with E-state index in [-0.39, 0.29) is 43.4 Å². The summed E-state index contributed by atoms with van der Waals surface area (Å²) in [5, 5.41) is 36.7. The summed E-state index contributed by atoms with van der Waals surface area (Å²) in [6, 6.07) is 20.8. The molecule has 0 saturated carbocycles. The minimum atomic E-state index is -0.943. The van der Waals surface area contributed by atoms with E-state index >= 15 is 0 Å². The van der Waals surface area contributed by atoms with Crippen molar-refractivity contribution in [3.05, 3.63) is 101 Å². The van der Waals surface area contributed by atoms with E-state index in [1.165, 1.54) is 12.0 Å². The number of likely N-dealkylation sites (tertiary alicyclic amines) is 2. The molecule has 17 heteroatoms. The third-order valence-electron chi connectivity index (χ3n) is 12.1. The van der Waals surface area contributed by atoms with E-state index in [9.17, 15) is 29.5 Å².